The second-order valence-electron chi connectivity index (χ2n) is 9.00. The van der Waals surface area contributed by atoms with Gasteiger partial charge in [-0.25, -0.2) is 4.98 Å². The Bertz CT molecular complexity index is 966. The van der Waals surface area contributed by atoms with Gasteiger partial charge in [-0.15, -0.1) is 0 Å². The molecule has 0 bridgehead atoms. The maximum atomic E-state index is 13.1. The minimum atomic E-state index is -0.516. The summed E-state index contributed by atoms with van der Waals surface area (Å²) in [4.78, 5) is 34.1. The van der Waals surface area contributed by atoms with Gasteiger partial charge in [-0.1, -0.05) is 20.8 Å². The molecule has 2 aromatic rings. The lowest BCUT2D eigenvalue weighted by molar-refractivity contribution is 0.0599. The lowest BCUT2D eigenvalue weighted by atomic mass is 9.91. The van der Waals surface area contributed by atoms with Crippen molar-refractivity contribution in [1.29, 1.82) is 0 Å². The molecule has 29 heavy (non-hydrogen) atoms. The second kappa shape index (κ2) is 6.57. The van der Waals surface area contributed by atoms with E-state index < -0.39 is 5.66 Å². The first-order valence-corrected chi connectivity index (χ1v) is 9.97. The van der Waals surface area contributed by atoms with Crippen molar-refractivity contribution < 1.29 is 9.59 Å². The quantitative estimate of drug-likeness (QED) is 0.796. The number of nitrogens with zero attached hydrogens (tertiary/aromatic N) is 5. The lowest BCUT2D eigenvalue weighted by Gasteiger charge is -2.50. The summed E-state index contributed by atoms with van der Waals surface area (Å²) < 4.78 is 1.67. The third kappa shape index (κ3) is 3.16. The number of hydrogen-bond acceptors (Lipinski definition) is 5. The number of fused-ring (bicyclic) bond motifs is 1. The van der Waals surface area contributed by atoms with Gasteiger partial charge in [0.1, 0.15) is 17.2 Å². The van der Waals surface area contributed by atoms with E-state index in [1.165, 1.54) is 0 Å². The van der Waals surface area contributed by atoms with Gasteiger partial charge in [0.25, 0.3) is 11.8 Å². The third-order valence-corrected chi connectivity index (χ3v) is 6.08. The topological polar surface area (TPSA) is 83.4 Å². The first-order chi connectivity index (χ1) is 13.6. The van der Waals surface area contributed by atoms with Gasteiger partial charge in [0.05, 0.1) is 11.3 Å². The Morgan fingerprint density at radius 1 is 1.21 bits per heavy atom. The molecule has 0 unspecified atom stereocenters. The molecule has 154 valence electrons. The van der Waals surface area contributed by atoms with Crippen molar-refractivity contribution in [2.75, 3.05) is 25.0 Å². The average molecular weight is 396 g/mol. The molecule has 0 radical (unpaired) electrons. The molecule has 2 amide bonds. The maximum absolute atomic E-state index is 13.1. The van der Waals surface area contributed by atoms with Crippen LogP contribution in [0.2, 0.25) is 0 Å². The molecule has 8 nitrogen and oxygen atoms in total. The van der Waals surface area contributed by atoms with Gasteiger partial charge in [-0.3, -0.25) is 14.3 Å². The average Bonchev–Trinajstić information content (AvgIpc) is 3.08. The van der Waals surface area contributed by atoms with Crippen LogP contribution >= 0.6 is 0 Å². The number of anilines is 1. The first-order valence-electron chi connectivity index (χ1n) is 9.97. The highest BCUT2D eigenvalue weighted by molar-refractivity contribution is 6.01. The zero-order chi connectivity index (χ0) is 21.0. The summed E-state index contributed by atoms with van der Waals surface area (Å²) in [6.45, 7) is 7.37. The molecular weight excluding hydrogens is 368 g/mol. The van der Waals surface area contributed by atoms with Crippen molar-refractivity contribution in [2.24, 2.45) is 7.05 Å². The number of carbonyl (C=O) groups excluding carboxylic acids is 2. The van der Waals surface area contributed by atoms with Crippen molar-refractivity contribution in [3.63, 3.8) is 0 Å². The van der Waals surface area contributed by atoms with E-state index in [2.05, 4.69) is 36.2 Å². The minimum Gasteiger partial charge on any atom is -0.337 e. The molecule has 0 aliphatic carbocycles. The number of pyridine rings is 1. The molecule has 1 spiro atoms. The van der Waals surface area contributed by atoms with Crippen LogP contribution in [-0.2, 0) is 12.5 Å². The summed E-state index contributed by atoms with van der Waals surface area (Å²) >= 11 is 0. The molecule has 4 rings (SSSR count). The number of rotatable bonds is 1. The Morgan fingerprint density at radius 3 is 2.52 bits per heavy atom. The van der Waals surface area contributed by atoms with Gasteiger partial charge in [0, 0.05) is 51.6 Å². The van der Waals surface area contributed by atoms with Crippen molar-refractivity contribution in [1.82, 2.24) is 25.0 Å². The Kier molecular flexibility index (Phi) is 4.40. The highest BCUT2D eigenvalue weighted by atomic mass is 16.2. The van der Waals surface area contributed by atoms with Crippen LogP contribution in [0.4, 0.5) is 5.82 Å². The molecular formula is C21H28N6O2. The van der Waals surface area contributed by atoms with Crippen LogP contribution in [0.25, 0.3) is 0 Å². The fraction of sp³-hybridized carbons (Fsp3) is 0.524. The van der Waals surface area contributed by atoms with Crippen LogP contribution in [0.5, 0.6) is 0 Å². The zero-order valence-corrected chi connectivity index (χ0v) is 17.7. The van der Waals surface area contributed by atoms with Crippen LogP contribution in [0, 0.1) is 0 Å². The Hall–Kier alpha value is -2.90. The zero-order valence-electron chi connectivity index (χ0n) is 17.7. The second-order valence-corrected chi connectivity index (χ2v) is 9.00. The molecule has 1 N–H and O–H groups in total. The number of carbonyl (C=O) groups is 2. The van der Waals surface area contributed by atoms with Gasteiger partial charge >= 0.3 is 0 Å². The number of amides is 2. The number of likely N-dealkylation sites (tertiary alicyclic amines) is 1. The molecule has 0 aromatic carbocycles. The fourth-order valence-electron chi connectivity index (χ4n) is 4.14. The Morgan fingerprint density at radius 2 is 1.90 bits per heavy atom. The summed E-state index contributed by atoms with van der Waals surface area (Å²) in [5.41, 5.74) is 1.46. The summed E-state index contributed by atoms with van der Waals surface area (Å²) in [7, 11) is 3.77. The predicted molar refractivity (Wildman–Crippen MR) is 110 cm³/mol. The summed E-state index contributed by atoms with van der Waals surface area (Å²) in [6, 6.07) is 5.45. The number of hydrogen-bond donors (Lipinski definition) is 1. The largest absolute Gasteiger partial charge is 0.337 e. The normalized spacial score (nSPS) is 18.6. The van der Waals surface area contributed by atoms with Crippen molar-refractivity contribution in [3.8, 4) is 0 Å². The van der Waals surface area contributed by atoms with E-state index >= 15 is 0 Å². The van der Waals surface area contributed by atoms with E-state index in [1.54, 1.807) is 23.0 Å². The van der Waals surface area contributed by atoms with Crippen LogP contribution in [0.3, 0.4) is 0 Å². The number of piperidine rings is 1. The van der Waals surface area contributed by atoms with E-state index in [1.807, 2.05) is 30.0 Å². The van der Waals surface area contributed by atoms with Gasteiger partial charge in [0.15, 0.2) is 0 Å². The molecule has 2 aliphatic heterocycles. The summed E-state index contributed by atoms with van der Waals surface area (Å²) in [5, 5.41) is 7.69. The fourth-order valence-corrected chi connectivity index (χ4v) is 4.14. The standard InChI is InChI=1S/C21H28N6O2/c1-20(2,3)16-13-15(26(5)24-16)19(29)27-11-8-21(9-12-27)23-18(28)14-7-6-10-22-17(14)25(21)4/h6-7,10,13H,8-9,11-12H2,1-5H3,(H,23,28). The summed E-state index contributed by atoms with van der Waals surface area (Å²) in [5.74, 6) is 0.568. The molecule has 0 saturated carbocycles. The predicted octanol–water partition coefficient (Wildman–Crippen LogP) is 1.92. The third-order valence-electron chi connectivity index (χ3n) is 6.08. The van der Waals surface area contributed by atoms with Crippen molar-refractivity contribution >= 4 is 17.6 Å². The molecule has 2 aromatic heterocycles. The first kappa shape index (κ1) is 19.4. The van der Waals surface area contributed by atoms with E-state index in [9.17, 15) is 9.59 Å². The smallest absolute Gasteiger partial charge is 0.272 e. The van der Waals surface area contributed by atoms with Crippen LogP contribution in [0.15, 0.2) is 24.4 Å². The van der Waals surface area contributed by atoms with Crippen molar-refractivity contribution in [3.05, 3.63) is 41.3 Å². The van der Waals surface area contributed by atoms with E-state index in [0.29, 0.717) is 43.0 Å². The van der Waals surface area contributed by atoms with E-state index in [0.717, 1.165) is 5.69 Å². The number of nitrogens with one attached hydrogen (secondary N) is 1. The van der Waals surface area contributed by atoms with Crippen molar-refractivity contribution in [2.45, 2.75) is 44.7 Å². The maximum Gasteiger partial charge on any atom is 0.272 e. The van der Waals surface area contributed by atoms with Gasteiger partial charge in [-0.05, 0) is 18.2 Å². The number of aryl methyl sites for hydroxylation is 1. The molecule has 8 heteroatoms. The Labute approximate surface area is 170 Å². The lowest BCUT2D eigenvalue weighted by Crippen LogP contribution is -2.67. The summed E-state index contributed by atoms with van der Waals surface area (Å²) in [6.07, 6.45) is 2.98. The molecule has 2 aliphatic rings. The minimum absolute atomic E-state index is 0.0198. The highest BCUT2D eigenvalue weighted by Crippen LogP contribution is 2.35. The van der Waals surface area contributed by atoms with Gasteiger partial charge in [0.2, 0.25) is 0 Å². The highest BCUT2D eigenvalue weighted by Gasteiger charge is 2.45. The van der Waals surface area contributed by atoms with Crippen LogP contribution in [-0.4, -0.2) is 57.3 Å². The monoisotopic (exact) mass is 396 g/mol. The molecule has 1 fully saturated rings. The molecule has 1 saturated heterocycles. The van der Waals surface area contributed by atoms with Gasteiger partial charge in [-0.2, -0.15) is 5.10 Å². The van der Waals surface area contributed by atoms with Gasteiger partial charge < -0.3 is 15.1 Å². The van der Waals surface area contributed by atoms with E-state index in [-0.39, 0.29) is 17.2 Å². The molecule has 4 heterocycles. The Balaban J connectivity index is 1.52. The van der Waals surface area contributed by atoms with Crippen LogP contribution in [0.1, 0.15) is 60.2 Å². The number of aromatic nitrogens is 3. The SMILES string of the molecule is CN1c2ncccc2C(=O)NC12CCN(C(=O)c1cc(C(C)(C)C)nn1C)CC2. The van der Waals surface area contributed by atoms with Crippen LogP contribution < -0.4 is 10.2 Å². The van der Waals surface area contributed by atoms with E-state index in [4.69, 9.17) is 0 Å². The molecule has 0 atom stereocenters.